The molecule has 0 radical (unpaired) electrons. The molecule has 1 aliphatic heterocycles. The molecule has 2 aromatic heterocycles. The van der Waals surface area contributed by atoms with E-state index in [-0.39, 0.29) is 10.3 Å². The molecule has 4 aliphatic rings. The number of rotatable bonds is 3. The van der Waals surface area contributed by atoms with Crippen LogP contribution in [0.25, 0.3) is 0 Å². The zero-order valence-electron chi connectivity index (χ0n) is 17.5. The van der Waals surface area contributed by atoms with Gasteiger partial charge in [-0.1, -0.05) is 0 Å². The summed E-state index contributed by atoms with van der Waals surface area (Å²) in [5.74, 6) is 0.835. The van der Waals surface area contributed by atoms with Crippen LogP contribution in [0, 0.1) is 12.3 Å². The number of aromatic nitrogens is 3. The lowest BCUT2D eigenvalue weighted by atomic mass is 10.0. The number of nitrogens with two attached hydrogens (primary N) is 1. The van der Waals surface area contributed by atoms with E-state index < -0.39 is 15.9 Å². The lowest BCUT2D eigenvalue weighted by Gasteiger charge is -2.24. The van der Waals surface area contributed by atoms with Crippen LogP contribution in [-0.2, 0) is 29.3 Å². The molecular weight excluding hydrogens is 416 g/mol. The maximum Gasteiger partial charge on any atom is 0.354 e. The molecule has 6 rings (SSSR count). The van der Waals surface area contributed by atoms with Gasteiger partial charge in [0.1, 0.15) is 4.90 Å². The summed E-state index contributed by atoms with van der Waals surface area (Å²) < 4.78 is 24.6. The number of carbonyl (C=O) groups excluding carboxylic acids is 1. The maximum absolute atomic E-state index is 13.2. The Labute approximate surface area is 181 Å². The Bertz CT molecular complexity index is 1230. The largest absolute Gasteiger partial charge is 0.476 e. The molecule has 10 heteroatoms. The molecule has 1 atom stereocenters. The normalized spacial score (nSPS) is 22.3. The molecule has 1 spiro atoms. The van der Waals surface area contributed by atoms with E-state index in [0.29, 0.717) is 18.4 Å². The summed E-state index contributed by atoms with van der Waals surface area (Å²) in [5.41, 5.74) is 5.09. The minimum absolute atomic E-state index is 0.152. The van der Waals surface area contributed by atoms with Crippen LogP contribution in [0.2, 0.25) is 0 Å². The number of urea groups is 1. The van der Waals surface area contributed by atoms with Gasteiger partial charge in [-0.3, -0.25) is 4.98 Å². The quantitative estimate of drug-likeness (QED) is 0.756. The van der Waals surface area contributed by atoms with Crippen LogP contribution < -0.4 is 15.2 Å². The fraction of sp³-hybridized carbons (Fsp3) is 0.571. The molecule has 0 aromatic carbocycles. The van der Waals surface area contributed by atoms with E-state index >= 15 is 0 Å². The van der Waals surface area contributed by atoms with Gasteiger partial charge in [0.2, 0.25) is 5.88 Å². The first kappa shape index (κ1) is 19.2. The van der Waals surface area contributed by atoms with Crippen LogP contribution in [0.15, 0.2) is 15.5 Å². The van der Waals surface area contributed by atoms with Gasteiger partial charge in [0.05, 0.1) is 25.0 Å². The van der Waals surface area contributed by atoms with E-state index in [4.69, 9.17) is 14.9 Å². The zero-order valence-corrected chi connectivity index (χ0v) is 18.3. The van der Waals surface area contributed by atoms with Crippen molar-refractivity contribution in [1.29, 1.82) is 0 Å². The van der Waals surface area contributed by atoms with Crippen molar-refractivity contribution in [3.05, 3.63) is 28.7 Å². The summed E-state index contributed by atoms with van der Waals surface area (Å²) in [6, 6.07) is -0.716. The van der Waals surface area contributed by atoms with Crippen molar-refractivity contribution in [3.8, 4) is 5.88 Å². The first-order valence-electron chi connectivity index (χ1n) is 10.9. The number of hydrogen-bond acceptors (Lipinski definition) is 5. The fourth-order valence-electron chi connectivity index (χ4n) is 4.81. The molecule has 9 nitrogen and oxygen atoms in total. The Balaban J connectivity index is 1.31. The van der Waals surface area contributed by atoms with E-state index in [0.717, 1.165) is 79.7 Å². The van der Waals surface area contributed by atoms with Gasteiger partial charge in [-0.05, 0) is 63.0 Å². The number of fused-ring (bicyclic) bond motifs is 2. The van der Waals surface area contributed by atoms with Crippen LogP contribution in [0.3, 0.4) is 0 Å². The highest BCUT2D eigenvalue weighted by atomic mass is 32.2. The number of nitrogens with zero attached hydrogens (tertiary/aromatic N) is 4. The zero-order chi connectivity index (χ0) is 21.4. The molecule has 0 bridgehead atoms. The number of aryl methyl sites for hydroxylation is 1. The van der Waals surface area contributed by atoms with Gasteiger partial charge in [-0.25, -0.2) is 18.8 Å². The van der Waals surface area contributed by atoms with E-state index in [1.54, 1.807) is 4.68 Å². The van der Waals surface area contributed by atoms with Crippen LogP contribution in [-0.4, -0.2) is 31.6 Å². The van der Waals surface area contributed by atoms with Crippen molar-refractivity contribution >= 4 is 21.6 Å². The van der Waals surface area contributed by atoms with Gasteiger partial charge in [0, 0.05) is 22.7 Å². The van der Waals surface area contributed by atoms with Crippen LogP contribution in [0.1, 0.15) is 60.5 Å². The number of hydrogen-bond donors (Lipinski definition) is 2. The molecule has 2 saturated carbocycles. The standard InChI is InChI=1S/C21H26N6O3S/c1-12-17(13-5-6-13)24-15-4-2-3-14(15)18(12)25-20(28)26-31(22,29)16-9-23-27-10-21(7-8-21)11-30-19(16)27/h9,13H,2-8,10-11H2,1H3,(H3,22,24,25,26,28,29). The Morgan fingerprint density at radius 1 is 1.39 bits per heavy atom. The third-order valence-electron chi connectivity index (χ3n) is 6.95. The number of nitrogens with one attached hydrogen (secondary N) is 1. The Kier molecular flexibility index (Phi) is 4.05. The lowest BCUT2D eigenvalue weighted by molar-refractivity contribution is 0.144. The SMILES string of the molecule is Cc1c(C2CC2)nc2c(c1NC(=O)N=S(N)(=O)c1cnn3c1OCC1(CC1)C3)CCC2. The monoisotopic (exact) mass is 442 g/mol. The smallest absolute Gasteiger partial charge is 0.354 e. The molecule has 2 amide bonds. The predicted molar refractivity (Wildman–Crippen MR) is 114 cm³/mol. The Morgan fingerprint density at radius 2 is 2.19 bits per heavy atom. The molecule has 3 N–H and O–H groups in total. The number of anilines is 1. The van der Waals surface area contributed by atoms with Crippen molar-refractivity contribution in [3.63, 3.8) is 0 Å². The van der Waals surface area contributed by atoms with Crippen LogP contribution in [0.4, 0.5) is 10.5 Å². The third-order valence-corrected chi connectivity index (χ3v) is 8.30. The van der Waals surface area contributed by atoms with E-state index in [1.807, 2.05) is 6.92 Å². The molecule has 1 unspecified atom stereocenters. The highest BCUT2D eigenvalue weighted by Crippen LogP contribution is 2.50. The molecule has 31 heavy (non-hydrogen) atoms. The molecule has 0 saturated heterocycles. The fourth-order valence-corrected chi connectivity index (χ4v) is 5.81. The minimum Gasteiger partial charge on any atom is -0.476 e. The Hall–Kier alpha value is -2.46. The molecule has 2 aromatic rings. The summed E-state index contributed by atoms with van der Waals surface area (Å²) in [6.45, 7) is 3.26. The third kappa shape index (κ3) is 3.23. The topological polar surface area (TPSA) is 124 Å². The van der Waals surface area contributed by atoms with E-state index in [1.165, 1.54) is 6.20 Å². The second kappa shape index (κ2) is 6.52. The number of amides is 2. The summed E-state index contributed by atoms with van der Waals surface area (Å²) in [5, 5.41) is 13.2. The van der Waals surface area contributed by atoms with Crippen molar-refractivity contribution in [2.45, 2.75) is 69.2 Å². The van der Waals surface area contributed by atoms with Crippen LogP contribution in [0.5, 0.6) is 5.88 Å². The highest BCUT2D eigenvalue weighted by Gasteiger charge is 2.48. The average Bonchev–Trinajstić information content (AvgIpc) is 3.60. The van der Waals surface area contributed by atoms with Crippen molar-refractivity contribution in [1.82, 2.24) is 14.8 Å². The summed E-state index contributed by atoms with van der Waals surface area (Å²) in [4.78, 5) is 17.9. The molecule has 2 fully saturated rings. The number of ether oxygens (including phenoxy) is 1. The second-order valence-corrected chi connectivity index (χ2v) is 11.2. The van der Waals surface area contributed by atoms with Crippen LogP contribution >= 0.6 is 0 Å². The molecule has 3 aliphatic carbocycles. The average molecular weight is 443 g/mol. The van der Waals surface area contributed by atoms with Gasteiger partial charge in [-0.15, -0.1) is 4.36 Å². The van der Waals surface area contributed by atoms with Gasteiger partial charge in [0.25, 0.3) is 0 Å². The van der Waals surface area contributed by atoms with Crippen molar-refractivity contribution in [2.24, 2.45) is 14.9 Å². The van der Waals surface area contributed by atoms with E-state index in [9.17, 15) is 9.00 Å². The summed E-state index contributed by atoms with van der Waals surface area (Å²) in [6.07, 6.45) is 8.69. The highest BCUT2D eigenvalue weighted by molar-refractivity contribution is 7.91. The molecule has 164 valence electrons. The Morgan fingerprint density at radius 3 is 2.94 bits per heavy atom. The van der Waals surface area contributed by atoms with Gasteiger partial charge >= 0.3 is 6.03 Å². The van der Waals surface area contributed by atoms with Gasteiger partial charge < -0.3 is 10.1 Å². The van der Waals surface area contributed by atoms with E-state index in [2.05, 4.69) is 14.8 Å². The first-order valence-corrected chi connectivity index (χ1v) is 12.5. The van der Waals surface area contributed by atoms with Crippen molar-refractivity contribution < 1.29 is 13.7 Å². The number of pyridine rings is 1. The van der Waals surface area contributed by atoms with Crippen molar-refractivity contribution in [2.75, 3.05) is 11.9 Å². The predicted octanol–water partition coefficient (Wildman–Crippen LogP) is 3.06. The lowest BCUT2D eigenvalue weighted by Crippen LogP contribution is -2.28. The minimum atomic E-state index is -3.50. The summed E-state index contributed by atoms with van der Waals surface area (Å²) in [7, 11) is -3.50. The van der Waals surface area contributed by atoms with Gasteiger partial charge in [0.15, 0.2) is 9.92 Å². The second-order valence-electron chi connectivity index (χ2n) is 9.40. The first-order chi connectivity index (χ1) is 14.9. The number of carbonyl (C=O) groups is 1. The summed E-state index contributed by atoms with van der Waals surface area (Å²) >= 11 is 0. The van der Waals surface area contributed by atoms with Gasteiger partial charge in [-0.2, -0.15) is 5.10 Å². The molecular formula is C21H26N6O3S. The molecule has 3 heterocycles. The maximum atomic E-state index is 13.2.